The summed E-state index contributed by atoms with van der Waals surface area (Å²) >= 11 is 9.38. The van der Waals surface area contributed by atoms with E-state index >= 15 is 0 Å². The smallest absolute Gasteiger partial charge is 0.349 e. The van der Waals surface area contributed by atoms with E-state index in [4.69, 9.17) is 16.0 Å². The normalized spacial score (nSPS) is 10.7. The standard InChI is InChI=1S/C17H11BrClNO3/c1-9-13(19)3-2-4-14(9)20-16(21)12-8-10-7-11(18)5-6-15(10)23-17(12)22/h2-8H,1H3,(H,20,21). The number of carbonyl (C=O) groups is 1. The van der Waals surface area contributed by atoms with Crippen molar-refractivity contribution in [3.63, 3.8) is 0 Å². The van der Waals surface area contributed by atoms with Gasteiger partial charge in [-0.15, -0.1) is 0 Å². The van der Waals surface area contributed by atoms with Crippen molar-refractivity contribution in [2.45, 2.75) is 6.92 Å². The zero-order valence-corrected chi connectivity index (χ0v) is 14.4. The molecule has 0 bridgehead atoms. The number of anilines is 1. The molecule has 0 aliphatic rings. The summed E-state index contributed by atoms with van der Waals surface area (Å²) in [5.41, 5.74) is 0.965. The molecule has 1 N–H and O–H groups in total. The van der Waals surface area contributed by atoms with E-state index in [0.29, 0.717) is 21.7 Å². The first-order valence-electron chi connectivity index (χ1n) is 6.75. The van der Waals surface area contributed by atoms with E-state index in [2.05, 4.69) is 21.2 Å². The largest absolute Gasteiger partial charge is 0.422 e. The predicted molar refractivity (Wildman–Crippen MR) is 94.3 cm³/mol. The summed E-state index contributed by atoms with van der Waals surface area (Å²) in [4.78, 5) is 24.4. The molecule has 6 heteroatoms. The number of rotatable bonds is 2. The second-order valence-corrected chi connectivity index (χ2v) is 6.32. The monoisotopic (exact) mass is 391 g/mol. The fourth-order valence-electron chi connectivity index (χ4n) is 2.19. The minimum atomic E-state index is -0.683. The lowest BCUT2D eigenvalue weighted by molar-refractivity contribution is 0.102. The lowest BCUT2D eigenvalue weighted by Crippen LogP contribution is -2.21. The molecule has 0 aliphatic heterocycles. The highest BCUT2D eigenvalue weighted by Gasteiger charge is 2.15. The van der Waals surface area contributed by atoms with Crippen LogP contribution in [0.15, 0.2) is 56.1 Å². The molecule has 116 valence electrons. The van der Waals surface area contributed by atoms with E-state index in [0.717, 1.165) is 10.0 Å². The van der Waals surface area contributed by atoms with Crippen molar-refractivity contribution in [2.75, 3.05) is 5.32 Å². The molecule has 1 heterocycles. The molecule has 0 saturated carbocycles. The number of fused-ring (bicyclic) bond motifs is 1. The maximum atomic E-state index is 12.4. The molecule has 0 fully saturated rings. The minimum absolute atomic E-state index is 0.0602. The highest BCUT2D eigenvalue weighted by Crippen LogP contribution is 2.24. The molecular weight excluding hydrogens is 382 g/mol. The number of carbonyl (C=O) groups excluding carboxylic acids is 1. The SMILES string of the molecule is Cc1c(Cl)cccc1NC(=O)c1cc2cc(Br)ccc2oc1=O. The first-order valence-corrected chi connectivity index (χ1v) is 7.92. The quantitative estimate of drug-likeness (QED) is 0.639. The van der Waals surface area contributed by atoms with Crippen LogP contribution in [0.5, 0.6) is 0 Å². The Bertz CT molecular complexity index is 981. The molecule has 0 spiro atoms. The molecule has 4 nitrogen and oxygen atoms in total. The lowest BCUT2D eigenvalue weighted by Gasteiger charge is -2.09. The van der Waals surface area contributed by atoms with Crippen LogP contribution in [0.3, 0.4) is 0 Å². The first kappa shape index (κ1) is 15.8. The zero-order valence-electron chi connectivity index (χ0n) is 12.0. The third-order valence-corrected chi connectivity index (χ3v) is 4.36. The van der Waals surface area contributed by atoms with Crippen LogP contribution in [0, 0.1) is 6.92 Å². The van der Waals surface area contributed by atoms with Gasteiger partial charge in [0.2, 0.25) is 0 Å². The number of amides is 1. The second kappa shape index (κ2) is 6.18. The van der Waals surface area contributed by atoms with Gasteiger partial charge >= 0.3 is 5.63 Å². The summed E-state index contributed by atoms with van der Waals surface area (Å²) in [6.45, 7) is 1.79. The van der Waals surface area contributed by atoms with Gasteiger partial charge in [0.05, 0.1) is 0 Å². The summed E-state index contributed by atoms with van der Waals surface area (Å²) < 4.78 is 6.03. The summed E-state index contributed by atoms with van der Waals surface area (Å²) in [6, 6.07) is 11.9. The van der Waals surface area contributed by atoms with E-state index in [9.17, 15) is 9.59 Å². The summed E-state index contributed by atoms with van der Waals surface area (Å²) in [5.74, 6) is -0.536. The van der Waals surface area contributed by atoms with Crippen LogP contribution in [0.4, 0.5) is 5.69 Å². The van der Waals surface area contributed by atoms with Crippen LogP contribution in [0.1, 0.15) is 15.9 Å². The third kappa shape index (κ3) is 3.16. The zero-order chi connectivity index (χ0) is 16.6. The first-order chi connectivity index (χ1) is 11.0. The summed E-state index contributed by atoms with van der Waals surface area (Å²) in [7, 11) is 0. The van der Waals surface area contributed by atoms with Gasteiger partial charge in [0.25, 0.3) is 5.91 Å². The number of hydrogen-bond acceptors (Lipinski definition) is 3. The second-order valence-electron chi connectivity index (χ2n) is 5.00. The van der Waals surface area contributed by atoms with E-state index < -0.39 is 11.5 Å². The van der Waals surface area contributed by atoms with Crippen molar-refractivity contribution in [1.82, 2.24) is 0 Å². The molecule has 0 unspecified atom stereocenters. The number of halogens is 2. The Labute approximate surface area is 145 Å². The van der Waals surface area contributed by atoms with Crippen molar-refractivity contribution in [2.24, 2.45) is 0 Å². The Balaban J connectivity index is 2.02. The topological polar surface area (TPSA) is 59.3 Å². The molecular formula is C17H11BrClNO3. The van der Waals surface area contributed by atoms with Crippen molar-refractivity contribution in [3.8, 4) is 0 Å². The summed E-state index contributed by atoms with van der Waals surface area (Å²) in [6.07, 6.45) is 0. The average molecular weight is 393 g/mol. The molecule has 0 atom stereocenters. The lowest BCUT2D eigenvalue weighted by atomic mass is 10.1. The van der Waals surface area contributed by atoms with Crippen LogP contribution in [-0.4, -0.2) is 5.91 Å². The van der Waals surface area contributed by atoms with E-state index in [-0.39, 0.29) is 5.56 Å². The van der Waals surface area contributed by atoms with Crippen LogP contribution in [0.25, 0.3) is 11.0 Å². The van der Waals surface area contributed by atoms with Gasteiger partial charge in [-0.2, -0.15) is 0 Å². The molecule has 0 radical (unpaired) electrons. The molecule has 3 rings (SSSR count). The molecule has 1 amide bonds. The van der Waals surface area contributed by atoms with Gasteiger partial charge in [-0.1, -0.05) is 33.6 Å². The highest BCUT2D eigenvalue weighted by molar-refractivity contribution is 9.10. The fraction of sp³-hybridized carbons (Fsp3) is 0.0588. The van der Waals surface area contributed by atoms with Gasteiger partial charge in [0.15, 0.2) is 0 Å². The number of nitrogens with one attached hydrogen (secondary N) is 1. The van der Waals surface area contributed by atoms with Crippen LogP contribution >= 0.6 is 27.5 Å². The van der Waals surface area contributed by atoms with Gasteiger partial charge in [0.1, 0.15) is 11.1 Å². The maximum absolute atomic E-state index is 12.4. The minimum Gasteiger partial charge on any atom is -0.422 e. The van der Waals surface area contributed by atoms with Gasteiger partial charge < -0.3 is 9.73 Å². The molecule has 23 heavy (non-hydrogen) atoms. The van der Waals surface area contributed by atoms with Gasteiger partial charge in [-0.25, -0.2) is 4.79 Å². The van der Waals surface area contributed by atoms with Crippen molar-refractivity contribution >= 4 is 50.1 Å². The van der Waals surface area contributed by atoms with Crippen LogP contribution < -0.4 is 10.9 Å². The van der Waals surface area contributed by atoms with Crippen LogP contribution in [-0.2, 0) is 0 Å². The number of benzene rings is 2. The Morgan fingerprint density at radius 2 is 2.00 bits per heavy atom. The number of hydrogen-bond donors (Lipinski definition) is 1. The van der Waals surface area contributed by atoms with Gasteiger partial charge in [0, 0.05) is 20.6 Å². The van der Waals surface area contributed by atoms with Crippen LogP contribution in [0.2, 0.25) is 5.02 Å². The van der Waals surface area contributed by atoms with Gasteiger partial charge in [-0.05, 0) is 48.9 Å². The van der Waals surface area contributed by atoms with E-state index in [1.807, 2.05) is 0 Å². The predicted octanol–water partition coefficient (Wildman–Crippen LogP) is 4.77. The third-order valence-electron chi connectivity index (χ3n) is 3.45. The highest BCUT2D eigenvalue weighted by atomic mass is 79.9. The Kier molecular flexibility index (Phi) is 4.24. The molecule has 3 aromatic rings. The Morgan fingerprint density at radius 1 is 1.22 bits per heavy atom. The Hall–Kier alpha value is -2.11. The average Bonchev–Trinajstić information content (AvgIpc) is 2.51. The van der Waals surface area contributed by atoms with Crippen molar-refractivity contribution < 1.29 is 9.21 Å². The van der Waals surface area contributed by atoms with Crippen molar-refractivity contribution in [1.29, 1.82) is 0 Å². The maximum Gasteiger partial charge on any atom is 0.349 e. The summed E-state index contributed by atoms with van der Waals surface area (Å²) in [5, 5.41) is 3.89. The van der Waals surface area contributed by atoms with E-state index in [1.54, 1.807) is 43.3 Å². The van der Waals surface area contributed by atoms with Crippen molar-refractivity contribution in [3.05, 3.63) is 73.5 Å². The van der Waals surface area contributed by atoms with Gasteiger partial charge in [-0.3, -0.25) is 4.79 Å². The molecule has 0 aliphatic carbocycles. The molecule has 2 aromatic carbocycles. The molecule has 0 saturated heterocycles. The Morgan fingerprint density at radius 3 is 2.78 bits per heavy atom. The molecule has 1 aromatic heterocycles. The fourth-order valence-corrected chi connectivity index (χ4v) is 2.74. The van der Waals surface area contributed by atoms with E-state index in [1.165, 1.54) is 6.07 Å².